The highest BCUT2D eigenvalue weighted by molar-refractivity contribution is 7.10. The van der Waals surface area contributed by atoms with Crippen molar-refractivity contribution in [2.75, 3.05) is 13.2 Å². The smallest absolute Gasteiger partial charge is 0.261 e. The van der Waals surface area contributed by atoms with Crippen LogP contribution in [0.3, 0.4) is 0 Å². The Balaban J connectivity index is 1.47. The van der Waals surface area contributed by atoms with Gasteiger partial charge >= 0.3 is 0 Å². The molecule has 1 aromatic carbocycles. The van der Waals surface area contributed by atoms with Gasteiger partial charge in [0.15, 0.2) is 6.61 Å². The van der Waals surface area contributed by atoms with E-state index in [1.54, 1.807) is 17.5 Å². The third-order valence-electron chi connectivity index (χ3n) is 4.69. The number of likely N-dealkylation sites (tertiary alicyclic amines) is 1. The number of nitrogens with zero attached hydrogens (tertiary/aromatic N) is 3. The molecule has 3 aromatic rings. The van der Waals surface area contributed by atoms with E-state index in [2.05, 4.69) is 4.98 Å². The van der Waals surface area contributed by atoms with Crippen molar-refractivity contribution in [2.24, 2.45) is 0 Å². The second-order valence-electron chi connectivity index (χ2n) is 6.51. The molecule has 1 amide bonds. The number of carbonyl (C=O) groups excluding carboxylic acids is 1. The molecule has 0 radical (unpaired) electrons. The Hall–Kier alpha value is -2.73. The van der Waals surface area contributed by atoms with Gasteiger partial charge in [-0.25, -0.2) is 4.98 Å². The number of carbonyl (C=O) groups is 1. The molecule has 1 atom stereocenters. The van der Waals surface area contributed by atoms with Gasteiger partial charge in [0, 0.05) is 29.9 Å². The molecule has 1 saturated heterocycles. The maximum absolute atomic E-state index is 12.8. The maximum Gasteiger partial charge on any atom is 0.261 e. The van der Waals surface area contributed by atoms with Crippen LogP contribution in [0.15, 0.2) is 60.2 Å². The zero-order chi connectivity index (χ0) is 18.5. The van der Waals surface area contributed by atoms with E-state index in [0.717, 1.165) is 42.1 Å². The second-order valence-corrected chi connectivity index (χ2v) is 7.40. The molecule has 138 valence electrons. The van der Waals surface area contributed by atoms with E-state index in [4.69, 9.17) is 9.72 Å². The predicted octanol–water partition coefficient (Wildman–Crippen LogP) is 4.34. The number of ether oxygens (including phenoxy) is 1. The number of para-hydroxylation sites is 1. The highest BCUT2D eigenvalue weighted by Crippen LogP contribution is 2.34. The molecule has 6 heteroatoms. The molecule has 1 aliphatic rings. The minimum atomic E-state index is 0.0154. The molecule has 1 unspecified atom stereocenters. The van der Waals surface area contributed by atoms with Gasteiger partial charge in [-0.2, -0.15) is 0 Å². The summed E-state index contributed by atoms with van der Waals surface area (Å²) in [7, 11) is 0. The van der Waals surface area contributed by atoms with Crippen LogP contribution in [0.2, 0.25) is 0 Å². The first kappa shape index (κ1) is 17.7. The summed E-state index contributed by atoms with van der Waals surface area (Å²) >= 11 is 1.61. The number of benzene rings is 1. The van der Waals surface area contributed by atoms with E-state index < -0.39 is 0 Å². The first-order valence-corrected chi connectivity index (χ1v) is 10.0. The van der Waals surface area contributed by atoms with Gasteiger partial charge in [0.2, 0.25) is 0 Å². The van der Waals surface area contributed by atoms with E-state index in [1.165, 1.54) is 0 Å². The molecule has 0 aliphatic carbocycles. The molecule has 5 nitrogen and oxygen atoms in total. The van der Waals surface area contributed by atoms with Crippen molar-refractivity contribution < 1.29 is 9.53 Å². The van der Waals surface area contributed by atoms with Crippen molar-refractivity contribution in [3.05, 3.63) is 65.2 Å². The molecule has 1 aliphatic heterocycles. The summed E-state index contributed by atoms with van der Waals surface area (Å²) < 4.78 is 5.66. The fourth-order valence-corrected chi connectivity index (χ4v) is 4.29. The van der Waals surface area contributed by atoms with Crippen LogP contribution in [-0.4, -0.2) is 33.9 Å². The van der Waals surface area contributed by atoms with Gasteiger partial charge in [-0.15, -0.1) is 11.3 Å². The van der Waals surface area contributed by atoms with Gasteiger partial charge in [-0.1, -0.05) is 18.2 Å². The van der Waals surface area contributed by atoms with Gasteiger partial charge in [0.1, 0.15) is 10.8 Å². The Kier molecular flexibility index (Phi) is 5.44. The fraction of sp³-hybridized carbons (Fsp3) is 0.286. The van der Waals surface area contributed by atoms with Gasteiger partial charge in [0.25, 0.3) is 5.91 Å². The number of rotatable bonds is 5. The van der Waals surface area contributed by atoms with Crippen LogP contribution in [0.5, 0.6) is 5.75 Å². The van der Waals surface area contributed by atoms with Crippen LogP contribution in [0, 0.1) is 0 Å². The van der Waals surface area contributed by atoms with Crippen LogP contribution in [-0.2, 0) is 4.79 Å². The van der Waals surface area contributed by atoms with Crippen molar-refractivity contribution in [2.45, 2.75) is 25.3 Å². The molecule has 0 N–H and O–H groups in total. The molecule has 27 heavy (non-hydrogen) atoms. The summed E-state index contributed by atoms with van der Waals surface area (Å²) in [4.78, 5) is 23.7. The standard InChI is InChI=1S/C21H21N3O2S/c25-20(14-26-17-8-2-1-3-9-17)24-12-5-4-10-19(24)21-23-18(15-27-21)16-7-6-11-22-13-16/h1-3,6-9,11,13,15,19H,4-5,10,12,14H2. The van der Waals surface area contributed by atoms with E-state index >= 15 is 0 Å². The minimum absolute atomic E-state index is 0.0154. The number of hydrogen-bond donors (Lipinski definition) is 0. The van der Waals surface area contributed by atoms with Gasteiger partial charge in [0.05, 0.1) is 11.7 Å². The average Bonchev–Trinajstić information content (AvgIpc) is 3.23. The van der Waals surface area contributed by atoms with E-state index in [-0.39, 0.29) is 18.6 Å². The first-order valence-electron chi connectivity index (χ1n) is 9.14. The minimum Gasteiger partial charge on any atom is -0.484 e. The summed E-state index contributed by atoms with van der Waals surface area (Å²) in [5.74, 6) is 0.731. The summed E-state index contributed by atoms with van der Waals surface area (Å²) in [6, 6.07) is 13.4. The van der Waals surface area contributed by atoms with E-state index in [1.807, 2.05) is 58.9 Å². The highest BCUT2D eigenvalue weighted by Gasteiger charge is 2.30. The van der Waals surface area contributed by atoms with Crippen LogP contribution in [0.25, 0.3) is 11.3 Å². The third kappa shape index (κ3) is 4.17. The zero-order valence-electron chi connectivity index (χ0n) is 15.0. The molecule has 0 saturated carbocycles. The molecule has 0 bridgehead atoms. The lowest BCUT2D eigenvalue weighted by molar-refractivity contribution is -0.137. The number of aromatic nitrogens is 2. The topological polar surface area (TPSA) is 55.3 Å². The van der Waals surface area contributed by atoms with Crippen LogP contribution < -0.4 is 4.74 Å². The third-order valence-corrected chi connectivity index (χ3v) is 5.64. The molecule has 4 rings (SSSR count). The van der Waals surface area contributed by atoms with Crippen molar-refractivity contribution in [3.63, 3.8) is 0 Å². The summed E-state index contributed by atoms with van der Waals surface area (Å²) in [6.07, 6.45) is 6.64. The van der Waals surface area contributed by atoms with Crippen LogP contribution >= 0.6 is 11.3 Å². The number of amides is 1. The Labute approximate surface area is 162 Å². The number of piperidine rings is 1. The summed E-state index contributed by atoms with van der Waals surface area (Å²) in [6.45, 7) is 0.810. The maximum atomic E-state index is 12.8. The molecule has 2 aromatic heterocycles. The molecule has 3 heterocycles. The van der Waals surface area contributed by atoms with Crippen LogP contribution in [0.4, 0.5) is 0 Å². The number of hydrogen-bond acceptors (Lipinski definition) is 5. The SMILES string of the molecule is O=C(COc1ccccc1)N1CCCCC1c1nc(-c2cccnc2)cs1. The predicted molar refractivity (Wildman–Crippen MR) is 106 cm³/mol. The molecular formula is C21H21N3O2S. The first-order chi connectivity index (χ1) is 13.3. The largest absolute Gasteiger partial charge is 0.484 e. The number of thiazole rings is 1. The normalized spacial score (nSPS) is 16.9. The lowest BCUT2D eigenvalue weighted by Crippen LogP contribution is -2.41. The van der Waals surface area contributed by atoms with Crippen molar-refractivity contribution >= 4 is 17.2 Å². The van der Waals surface area contributed by atoms with Crippen molar-refractivity contribution in [3.8, 4) is 17.0 Å². The molecular weight excluding hydrogens is 358 g/mol. The summed E-state index contributed by atoms with van der Waals surface area (Å²) in [5.41, 5.74) is 1.92. The van der Waals surface area contributed by atoms with Gasteiger partial charge in [-0.3, -0.25) is 9.78 Å². The van der Waals surface area contributed by atoms with Crippen molar-refractivity contribution in [1.82, 2.24) is 14.9 Å². The monoisotopic (exact) mass is 379 g/mol. The molecule has 1 fully saturated rings. The average molecular weight is 379 g/mol. The Morgan fingerprint density at radius 3 is 2.89 bits per heavy atom. The lowest BCUT2D eigenvalue weighted by Gasteiger charge is -2.34. The van der Waals surface area contributed by atoms with Crippen molar-refractivity contribution in [1.29, 1.82) is 0 Å². The van der Waals surface area contributed by atoms with Gasteiger partial charge in [-0.05, 0) is 43.5 Å². The van der Waals surface area contributed by atoms with Crippen LogP contribution in [0.1, 0.15) is 30.3 Å². The van der Waals surface area contributed by atoms with E-state index in [9.17, 15) is 4.79 Å². The van der Waals surface area contributed by atoms with Gasteiger partial charge < -0.3 is 9.64 Å². The Bertz CT molecular complexity index is 883. The zero-order valence-corrected chi connectivity index (χ0v) is 15.8. The Morgan fingerprint density at radius 2 is 2.07 bits per heavy atom. The number of pyridine rings is 1. The second kappa shape index (κ2) is 8.31. The summed E-state index contributed by atoms with van der Waals surface area (Å²) in [5, 5.41) is 3.03. The lowest BCUT2D eigenvalue weighted by atomic mass is 10.0. The molecule has 0 spiro atoms. The van der Waals surface area contributed by atoms with E-state index in [0.29, 0.717) is 5.75 Å². The Morgan fingerprint density at radius 1 is 1.19 bits per heavy atom. The highest BCUT2D eigenvalue weighted by atomic mass is 32.1. The quantitative estimate of drug-likeness (QED) is 0.662. The fourth-order valence-electron chi connectivity index (χ4n) is 3.32.